The van der Waals surface area contributed by atoms with Gasteiger partial charge in [-0.3, -0.25) is 20.4 Å². The zero-order chi connectivity index (χ0) is 24.2. The standard InChI is InChI=1S/C22H27N3O7S/c1-14-12-25(13-15(2)32-14)33(28,29)20-7-5-16(6-8-20)21(26)23-24-22(27)17-9-18(30-3)11-19(10-17)31-4/h5-11,14-15H,12-13H2,1-4H3,(H,23,26)(H,24,27)/t14-,15-/m1/s1. The third-order valence-electron chi connectivity index (χ3n) is 5.04. The van der Waals surface area contributed by atoms with Gasteiger partial charge in [0.2, 0.25) is 10.0 Å². The summed E-state index contributed by atoms with van der Waals surface area (Å²) < 4.78 is 43.1. The minimum atomic E-state index is -3.72. The lowest BCUT2D eigenvalue weighted by molar-refractivity contribution is -0.0440. The zero-order valence-electron chi connectivity index (χ0n) is 18.8. The first-order valence-electron chi connectivity index (χ1n) is 10.2. The van der Waals surface area contributed by atoms with Crippen LogP contribution in [0.15, 0.2) is 47.4 Å². The molecule has 0 aromatic heterocycles. The zero-order valence-corrected chi connectivity index (χ0v) is 19.6. The first-order valence-corrected chi connectivity index (χ1v) is 11.7. The van der Waals surface area contributed by atoms with Crippen LogP contribution in [-0.2, 0) is 14.8 Å². The molecular formula is C22H27N3O7S. The fraction of sp³-hybridized carbons (Fsp3) is 0.364. The van der Waals surface area contributed by atoms with Crippen LogP contribution >= 0.6 is 0 Å². The van der Waals surface area contributed by atoms with E-state index in [4.69, 9.17) is 14.2 Å². The van der Waals surface area contributed by atoms with Crippen LogP contribution in [0.5, 0.6) is 11.5 Å². The average molecular weight is 478 g/mol. The number of nitrogens with one attached hydrogen (secondary N) is 2. The van der Waals surface area contributed by atoms with Gasteiger partial charge in [0.1, 0.15) is 11.5 Å². The third-order valence-corrected chi connectivity index (χ3v) is 6.89. The quantitative estimate of drug-likeness (QED) is 0.606. The molecule has 2 aromatic carbocycles. The van der Waals surface area contributed by atoms with E-state index < -0.39 is 21.8 Å². The molecule has 0 saturated carbocycles. The number of hydrazine groups is 1. The van der Waals surface area contributed by atoms with E-state index in [1.54, 1.807) is 6.07 Å². The number of morpholine rings is 1. The maximum atomic E-state index is 12.9. The number of methoxy groups -OCH3 is 2. The molecule has 1 heterocycles. The number of carbonyl (C=O) groups is 2. The number of ether oxygens (including phenoxy) is 3. The maximum absolute atomic E-state index is 12.9. The molecule has 0 spiro atoms. The van der Waals surface area contributed by atoms with Crippen molar-refractivity contribution in [3.8, 4) is 11.5 Å². The second kappa shape index (κ2) is 10.2. The van der Waals surface area contributed by atoms with E-state index >= 15 is 0 Å². The Hall–Kier alpha value is -3.15. The smallest absolute Gasteiger partial charge is 0.269 e. The first kappa shape index (κ1) is 24.5. The van der Waals surface area contributed by atoms with Gasteiger partial charge in [0.05, 0.1) is 31.3 Å². The van der Waals surface area contributed by atoms with Gasteiger partial charge in [-0.2, -0.15) is 4.31 Å². The lowest BCUT2D eigenvalue weighted by Crippen LogP contribution is -2.48. The number of rotatable bonds is 6. The third kappa shape index (κ3) is 5.81. The molecule has 33 heavy (non-hydrogen) atoms. The van der Waals surface area contributed by atoms with Gasteiger partial charge in [0.15, 0.2) is 0 Å². The van der Waals surface area contributed by atoms with Gasteiger partial charge in [0.25, 0.3) is 11.8 Å². The van der Waals surface area contributed by atoms with Crippen LogP contribution in [0.25, 0.3) is 0 Å². The summed E-state index contributed by atoms with van der Waals surface area (Å²) in [5.74, 6) is -0.329. The van der Waals surface area contributed by atoms with Gasteiger partial charge in [-0.05, 0) is 50.2 Å². The molecule has 3 rings (SSSR count). The lowest BCUT2D eigenvalue weighted by Gasteiger charge is -2.34. The minimum absolute atomic E-state index is 0.0767. The van der Waals surface area contributed by atoms with Gasteiger partial charge in [-0.25, -0.2) is 8.42 Å². The Morgan fingerprint density at radius 3 is 1.85 bits per heavy atom. The maximum Gasteiger partial charge on any atom is 0.269 e. The van der Waals surface area contributed by atoms with Crippen molar-refractivity contribution in [1.82, 2.24) is 15.2 Å². The van der Waals surface area contributed by atoms with Gasteiger partial charge in [0, 0.05) is 30.3 Å². The first-order chi connectivity index (χ1) is 15.6. The van der Waals surface area contributed by atoms with Crippen LogP contribution in [0.3, 0.4) is 0 Å². The second-order valence-electron chi connectivity index (χ2n) is 7.61. The molecule has 0 bridgehead atoms. The topological polar surface area (TPSA) is 123 Å². The van der Waals surface area contributed by atoms with Gasteiger partial charge < -0.3 is 14.2 Å². The number of nitrogens with zero attached hydrogens (tertiary/aromatic N) is 1. The van der Waals surface area contributed by atoms with Crippen LogP contribution < -0.4 is 20.3 Å². The molecule has 11 heteroatoms. The van der Waals surface area contributed by atoms with Gasteiger partial charge in [-0.1, -0.05) is 0 Å². The molecule has 2 atom stereocenters. The van der Waals surface area contributed by atoms with Crippen molar-refractivity contribution in [2.45, 2.75) is 31.0 Å². The number of hydrogen-bond donors (Lipinski definition) is 2. The van der Waals surface area contributed by atoms with E-state index in [-0.39, 0.29) is 41.3 Å². The molecule has 2 amide bonds. The van der Waals surface area contributed by atoms with Crippen molar-refractivity contribution >= 4 is 21.8 Å². The van der Waals surface area contributed by atoms with Crippen molar-refractivity contribution in [3.05, 3.63) is 53.6 Å². The van der Waals surface area contributed by atoms with Crippen molar-refractivity contribution in [3.63, 3.8) is 0 Å². The molecule has 2 aromatic rings. The van der Waals surface area contributed by atoms with E-state index in [9.17, 15) is 18.0 Å². The van der Waals surface area contributed by atoms with E-state index in [0.717, 1.165) is 0 Å². The Balaban J connectivity index is 1.65. The summed E-state index contributed by atoms with van der Waals surface area (Å²) in [6.07, 6.45) is -0.413. The Labute approximate surface area is 192 Å². The largest absolute Gasteiger partial charge is 0.497 e. The molecule has 1 saturated heterocycles. The van der Waals surface area contributed by atoms with Crippen LogP contribution in [0.1, 0.15) is 34.6 Å². The number of hydrogen-bond acceptors (Lipinski definition) is 7. The van der Waals surface area contributed by atoms with Crippen molar-refractivity contribution < 1.29 is 32.2 Å². The summed E-state index contributed by atoms with van der Waals surface area (Å²) in [5, 5.41) is 0. The average Bonchev–Trinajstić information content (AvgIpc) is 2.81. The summed E-state index contributed by atoms with van der Waals surface area (Å²) >= 11 is 0. The fourth-order valence-corrected chi connectivity index (χ4v) is 5.04. The highest BCUT2D eigenvalue weighted by Crippen LogP contribution is 2.23. The monoisotopic (exact) mass is 477 g/mol. The number of sulfonamides is 1. The van der Waals surface area contributed by atoms with Crippen molar-refractivity contribution in [2.75, 3.05) is 27.3 Å². The predicted octanol–water partition coefficient (Wildman–Crippen LogP) is 1.58. The highest BCUT2D eigenvalue weighted by atomic mass is 32.2. The molecule has 0 radical (unpaired) electrons. The Morgan fingerprint density at radius 1 is 0.879 bits per heavy atom. The summed E-state index contributed by atoms with van der Waals surface area (Å²) in [5.41, 5.74) is 5.03. The Kier molecular flexibility index (Phi) is 7.57. The van der Waals surface area contributed by atoms with Gasteiger partial charge in [-0.15, -0.1) is 0 Å². The second-order valence-corrected chi connectivity index (χ2v) is 9.55. The molecule has 1 aliphatic rings. The normalized spacial score (nSPS) is 18.9. The minimum Gasteiger partial charge on any atom is -0.497 e. The number of amides is 2. The van der Waals surface area contributed by atoms with Crippen LogP contribution in [0.4, 0.5) is 0 Å². The van der Waals surface area contributed by atoms with Crippen LogP contribution in [0.2, 0.25) is 0 Å². The Bertz CT molecular complexity index is 1090. The molecule has 2 N–H and O–H groups in total. The highest BCUT2D eigenvalue weighted by molar-refractivity contribution is 7.89. The molecule has 10 nitrogen and oxygen atoms in total. The number of carbonyl (C=O) groups excluding carboxylic acids is 2. The predicted molar refractivity (Wildman–Crippen MR) is 120 cm³/mol. The van der Waals surface area contributed by atoms with E-state index in [0.29, 0.717) is 11.5 Å². The molecule has 0 unspecified atom stereocenters. The van der Waals surface area contributed by atoms with Crippen LogP contribution in [0, 0.1) is 0 Å². The highest BCUT2D eigenvalue weighted by Gasteiger charge is 2.32. The molecule has 178 valence electrons. The summed E-state index contributed by atoms with van der Waals surface area (Å²) in [6.45, 7) is 4.16. The lowest BCUT2D eigenvalue weighted by atomic mass is 10.2. The van der Waals surface area contributed by atoms with E-state index in [1.165, 1.54) is 54.9 Å². The SMILES string of the molecule is COc1cc(OC)cc(C(=O)NNC(=O)c2ccc(S(=O)(=O)N3C[C@@H](C)O[C@H](C)C3)cc2)c1. The van der Waals surface area contributed by atoms with E-state index in [1.807, 2.05) is 13.8 Å². The number of benzene rings is 2. The summed E-state index contributed by atoms with van der Waals surface area (Å²) in [6, 6.07) is 10.1. The molecule has 1 fully saturated rings. The van der Waals surface area contributed by atoms with Gasteiger partial charge >= 0.3 is 0 Å². The molecule has 0 aliphatic carbocycles. The molecular weight excluding hydrogens is 450 g/mol. The Morgan fingerprint density at radius 2 is 1.36 bits per heavy atom. The summed E-state index contributed by atoms with van der Waals surface area (Å²) in [4.78, 5) is 24.9. The molecule has 1 aliphatic heterocycles. The fourth-order valence-electron chi connectivity index (χ4n) is 3.45. The van der Waals surface area contributed by atoms with Crippen LogP contribution in [-0.4, -0.2) is 64.1 Å². The van der Waals surface area contributed by atoms with Crippen molar-refractivity contribution in [2.24, 2.45) is 0 Å². The van der Waals surface area contributed by atoms with Crippen molar-refractivity contribution in [1.29, 1.82) is 0 Å². The summed E-state index contributed by atoms with van der Waals surface area (Å²) in [7, 11) is -0.796. The van der Waals surface area contributed by atoms with E-state index in [2.05, 4.69) is 10.9 Å².